The van der Waals surface area contributed by atoms with Gasteiger partial charge in [0, 0.05) is 18.8 Å². The van der Waals surface area contributed by atoms with E-state index in [1.807, 2.05) is 0 Å². The van der Waals surface area contributed by atoms with Crippen molar-refractivity contribution in [3.05, 3.63) is 65.2 Å². The van der Waals surface area contributed by atoms with Gasteiger partial charge in [0.2, 0.25) is 0 Å². The van der Waals surface area contributed by atoms with E-state index >= 15 is 0 Å². The standard InChI is InChI=1S/C18H24N2/c1-15-9-10-16(2)17(13-15)14-20(12-6-11-19)18-7-4-3-5-8-18/h3-5,7-10,13H,6,11-12,14,19H2,1-2H3. The molecule has 106 valence electrons. The van der Waals surface area contributed by atoms with E-state index in [-0.39, 0.29) is 0 Å². The summed E-state index contributed by atoms with van der Waals surface area (Å²) in [6.45, 7) is 7.00. The van der Waals surface area contributed by atoms with Crippen LogP contribution in [-0.2, 0) is 6.54 Å². The van der Waals surface area contributed by atoms with Gasteiger partial charge in [-0.25, -0.2) is 0 Å². The number of aryl methyl sites for hydroxylation is 2. The van der Waals surface area contributed by atoms with E-state index in [1.54, 1.807) is 0 Å². The Kier molecular flexibility index (Phi) is 5.19. The van der Waals surface area contributed by atoms with Crippen LogP contribution in [0.15, 0.2) is 48.5 Å². The second kappa shape index (κ2) is 7.11. The number of para-hydroxylation sites is 1. The van der Waals surface area contributed by atoms with Crippen molar-refractivity contribution in [1.29, 1.82) is 0 Å². The molecule has 2 aromatic carbocycles. The Morgan fingerprint density at radius 3 is 2.45 bits per heavy atom. The van der Waals surface area contributed by atoms with E-state index in [0.29, 0.717) is 0 Å². The van der Waals surface area contributed by atoms with E-state index in [0.717, 1.165) is 26.1 Å². The molecule has 0 spiro atoms. The molecule has 0 atom stereocenters. The first kappa shape index (κ1) is 14.6. The van der Waals surface area contributed by atoms with Crippen molar-refractivity contribution in [2.75, 3.05) is 18.0 Å². The monoisotopic (exact) mass is 268 g/mol. The van der Waals surface area contributed by atoms with E-state index in [2.05, 4.69) is 67.3 Å². The second-order valence-corrected chi connectivity index (χ2v) is 5.33. The Labute approximate surface area is 122 Å². The molecule has 0 bridgehead atoms. The van der Waals surface area contributed by atoms with Crippen LogP contribution in [0.5, 0.6) is 0 Å². The van der Waals surface area contributed by atoms with Crippen LogP contribution in [0.25, 0.3) is 0 Å². The summed E-state index contributed by atoms with van der Waals surface area (Å²) in [5.74, 6) is 0. The molecular formula is C18H24N2. The first-order valence-electron chi connectivity index (χ1n) is 7.27. The number of nitrogens with zero attached hydrogens (tertiary/aromatic N) is 1. The lowest BCUT2D eigenvalue weighted by molar-refractivity contribution is 0.733. The lowest BCUT2D eigenvalue weighted by atomic mass is 10.0. The summed E-state index contributed by atoms with van der Waals surface area (Å²) < 4.78 is 0. The fourth-order valence-electron chi connectivity index (χ4n) is 2.40. The molecule has 2 rings (SSSR count). The zero-order valence-electron chi connectivity index (χ0n) is 12.5. The van der Waals surface area contributed by atoms with Gasteiger partial charge in [0.15, 0.2) is 0 Å². The number of anilines is 1. The molecule has 0 aromatic heterocycles. The molecule has 0 fully saturated rings. The van der Waals surface area contributed by atoms with Crippen molar-refractivity contribution < 1.29 is 0 Å². The fraction of sp³-hybridized carbons (Fsp3) is 0.333. The molecule has 0 aliphatic carbocycles. The van der Waals surface area contributed by atoms with Crippen molar-refractivity contribution in [2.45, 2.75) is 26.8 Å². The highest BCUT2D eigenvalue weighted by Crippen LogP contribution is 2.19. The maximum absolute atomic E-state index is 5.68. The van der Waals surface area contributed by atoms with Crippen LogP contribution in [0, 0.1) is 13.8 Å². The zero-order chi connectivity index (χ0) is 14.4. The molecule has 20 heavy (non-hydrogen) atoms. The molecule has 0 heterocycles. The summed E-state index contributed by atoms with van der Waals surface area (Å²) in [6, 6.07) is 17.2. The molecule has 0 saturated heterocycles. The third kappa shape index (κ3) is 3.84. The van der Waals surface area contributed by atoms with Crippen LogP contribution >= 0.6 is 0 Å². The van der Waals surface area contributed by atoms with Gasteiger partial charge in [0.05, 0.1) is 0 Å². The van der Waals surface area contributed by atoms with Gasteiger partial charge in [0.1, 0.15) is 0 Å². The fourth-order valence-corrected chi connectivity index (χ4v) is 2.40. The highest BCUT2D eigenvalue weighted by molar-refractivity contribution is 5.47. The third-order valence-electron chi connectivity index (χ3n) is 3.62. The average Bonchev–Trinajstić information content (AvgIpc) is 2.48. The minimum absolute atomic E-state index is 0.732. The van der Waals surface area contributed by atoms with Crippen LogP contribution in [-0.4, -0.2) is 13.1 Å². The summed E-state index contributed by atoms with van der Waals surface area (Å²) in [5, 5.41) is 0. The lowest BCUT2D eigenvalue weighted by Gasteiger charge is -2.26. The summed E-state index contributed by atoms with van der Waals surface area (Å²) in [5.41, 5.74) is 11.0. The van der Waals surface area contributed by atoms with Crippen LogP contribution in [0.2, 0.25) is 0 Å². The van der Waals surface area contributed by atoms with Gasteiger partial charge in [-0.15, -0.1) is 0 Å². The lowest BCUT2D eigenvalue weighted by Crippen LogP contribution is -2.26. The Morgan fingerprint density at radius 2 is 1.75 bits per heavy atom. The minimum atomic E-state index is 0.732. The van der Waals surface area contributed by atoms with Crippen LogP contribution < -0.4 is 10.6 Å². The first-order valence-corrected chi connectivity index (χ1v) is 7.27. The van der Waals surface area contributed by atoms with Gasteiger partial charge in [-0.1, -0.05) is 42.0 Å². The largest absolute Gasteiger partial charge is 0.367 e. The predicted octanol–water partition coefficient (Wildman–Crippen LogP) is 3.66. The number of hydrogen-bond donors (Lipinski definition) is 1. The SMILES string of the molecule is Cc1ccc(C)c(CN(CCCN)c2ccccc2)c1. The first-order chi connectivity index (χ1) is 9.70. The molecule has 2 nitrogen and oxygen atoms in total. The molecule has 0 amide bonds. The molecule has 2 heteroatoms. The Bertz CT molecular complexity index is 534. The molecule has 2 aromatic rings. The number of benzene rings is 2. The van der Waals surface area contributed by atoms with Gasteiger partial charge in [-0.3, -0.25) is 0 Å². The molecule has 0 radical (unpaired) electrons. The average molecular weight is 268 g/mol. The Balaban J connectivity index is 2.21. The van der Waals surface area contributed by atoms with Crippen LogP contribution in [0.4, 0.5) is 5.69 Å². The summed E-state index contributed by atoms with van der Waals surface area (Å²) >= 11 is 0. The van der Waals surface area contributed by atoms with Gasteiger partial charge < -0.3 is 10.6 Å². The predicted molar refractivity (Wildman–Crippen MR) is 87.1 cm³/mol. The van der Waals surface area contributed by atoms with Gasteiger partial charge in [0.25, 0.3) is 0 Å². The van der Waals surface area contributed by atoms with E-state index < -0.39 is 0 Å². The van der Waals surface area contributed by atoms with E-state index in [4.69, 9.17) is 5.73 Å². The highest BCUT2D eigenvalue weighted by Gasteiger charge is 2.08. The van der Waals surface area contributed by atoms with Crippen molar-refractivity contribution in [3.63, 3.8) is 0 Å². The summed E-state index contributed by atoms with van der Waals surface area (Å²) in [6.07, 6.45) is 1.01. The van der Waals surface area contributed by atoms with E-state index in [9.17, 15) is 0 Å². The molecule has 0 saturated carbocycles. The van der Waals surface area contributed by atoms with Gasteiger partial charge in [-0.2, -0.15) is 0 Å². The van der Waals surface area contributed by atoms with Crippen molar-refractivity contribution in [2.24, 2.45) is 5.73 Å². The number of rotatable bonds is 6. The van der Waals surface area contributed by atoms with Crippen LogP contribution in [0.3, 0.4) is 0 Å². The molecule has 0 aliphatic heterocycles. The van der Waals surface area contributed by atoms with Gasteiger partial charge in [-0.05, 0) is 50.1 Å². The quantitative estimate of drug-likeness (QED) is 0.866. The minimum Gasteiger partial charge on any atom is -0.367 e. The third-order valence-corrected chi connectivity index (χ3v) is 3.62. The maximum Gasteiger partial charge on any atom is 0.0432 e. The van der Waals surface area contributed by atoms with Gasteiger partial charge >= 0.3 is 0 Å². The molecule has 2 N–H and O–H groups in total. The Hall–Kier alpha value is -1.80. The van der Waals surface area contributed by atoms with Crippen molar-refractivity contribution in [1.82, 2.24) is 0 Å². The van der Waals surface area contributed by atoms with E-state index in [1.165, 1.54) is 22.4 Å². The van der Waals surface area contributed by atoms with Crippen LogP contribution in [0.1, 0.15) is 23.1 Å². The molecular weight excluding hydrogens is 244 g/mol. The normalized spacial score (nSPS) is 10.6. The number of hydrogen-bond acceptors (Lipinski definition) is 2. The van der Waals surface area contributed by atoms with Crippen molar-refractivity contribution in [3.8, 4) is 0 Å². The highest BCUT2D eigenvalue weighted by atomic mass is 15.1. The molecule has 0 aliphatic rings. The number of nitrogens with two attached hydrogens (primary N) is 1. The second-order valence-electron chi connectivity index (χ2n) is 5.33. The smallest absolute Gasteiger partial charge is 0.0432 e. The zero-order valence-corrected chi connectivity index (χ0v) is 12.5. The van der Waals surface area contributed by atoms with Crippen molar-refractivity contribution >= 4 is 5.69 Å². The summed E-state index contributed by atoms with van der Waals surface area (Å²) in [7, 11) is 0. The summed E-state index contributed by atoms with van der Waals surface area (Å²) in [4.78, 5) is 2.41. The maximum atomic E-state index is 5.68. The topological polar surface area (TPSA) is 29.3 Å². The molecule has 0 unspecified atom stereocenters. The Morgan fingerprint density at radius 1 is 1.00 bits per heavy atom.